The third-order valence-electron chi connectivity index (χ3n) is 1.21. The third kappa shape index (κ3) is 31.3. The van der Waals surface area contributed by atoms with Gasteiger partial charge in [0.25, 0.3) is 0 Å². The van der Waals surface area contributed by atoms with Crippen molar-refractivity contribution in [3.05, 3.63) is 23.9 Å². The van der Waals surface area contributed by atoms with E-state index in [1.807, 2.05) is 49.9 Å². The maximum atomic E-state index is 9.75. The lowest BCUT2D eigenvalue weighted by atomic mass is 10.3. The van der Waals surface area contributed by atoms with Gasteiger partial charge in [0.1, 0.15) is 14.1 Å². The van der Waals surface area contributed by atoms with E-state index in [1.165, 1.54) is 5.57 Å². The normalized spacial score (nSPS) is 11.9. The van der Waals surface area contributed by atoms with E-state index in [-0.39, 0.29) is 0 Å². The Bertz CT molecular complexity index is 283. The molecule has 7 heteroatoms. The monoisotopic (exact) mass is 254 g/mol. The fraction of sp³-hybridized carbons (Fsp3) is 0.500. The molecule has 0 rings (SSSR count). The van der Waals surface area contributed by atoms with Gasteiger partial charge in [-0.15, -0.1) is 0 Å². The quantitative estimate of drug-likeness (QED) is 0.247. The molecule has 0 aliphatic rings. The van der Waals surface area contributed by atoms with E-state index in [2.05, 4.69) is 19.2 Å². The van der Waals surface area contributed by atoms with Crippen LogP contribution in [0.3, 0.4) is 0 Å². The first-order chi connectivity index (χ1) is 7.52. The Kier molecular flexibility index (Phi) is 9.41. The number of nitrogens with zero attached hydrogens (tertiary/aromatic N) is 2. The standard InChI is InChI=1S/C10H19N2.BF4/c1-10(9-12(4)5)7-6-8-11(2)3;2-1(3,4)5/h6-9H,1-5H3;/q+1;-1. The average Bonchev–Trinajstić information content (AvgIpc) is 1.97. The van der Waals surface area contributed by atoms with Crippen LogP contribution in [0.15, 0.2) is 23.9 Å². The molecule has 2 nitrogen and oxygen atoms in total. The zero-order valence-corrected chi connectivity index (χ0v) is 10.8. The Balaban J connectivity index is 0. The molecule has 0 bridgehead atoms. The molecule has 0 N–H and O–H groups in total. The molecule has 0 aliphatic heterocycles. The molecule has 0 saturated heterocycles. The second-order valence-electron chi connectivity index (χ2n) is 3.80. The van der Waals surface area contributed by atoms with Gasteiger partial charge in [-0.2, -0.15) is 0 Å². The third-order valence-corrected chi connectivity index (χ3v) is 1.21. The van der Waals surface area contributed by atoms with Gasteiger partial charge >= 0.3 is 7.25 Å². The van der Waals surface area contributed by atoms with Gasteiger partial charge in [0, 0.05) is 19.7 Å². The van der Waals surface area contributed by atoms with Crippen molar-refractivity contribution in [2.45, 2.75) is 6.92 Å². The van der Waals surface area contributed by atoms with Crippen molar-refractivity contribution in [2.24, 2.45) is 0 Å². The summed E-state index contributed by atoms with van der Waals surface area (Å²) in [4.78, 5) is 2.01. The first-order valence-corrected chi connectivity index (χ1v) is 4.92. The average molecular weight is 254 g/mol. The fourth-order valence-corrected chi connectivity index (χ4v) is 0.817. The van der Waals surface area contributed by atoms with E-state index >= 15 is 0 Å². The Morgan fingerprint density at radius 2 is 1.53 bits per heavy atom. The smallest absolute Gasteiger partial charge is 0.418 e. The van der Waals surface area contributed by atoms with Gasteiger partial charge in [-0.05, 0) is 19.2 Å². The van der Waals surface area contributed by atoms with Crippen LogP contribution in [0.1, 0.15) is 6.92 Å². The molecule has 0 saturated carbocycles. The minimum Gasteiger partial charge on any atom is -0.418 e. The van der Waals surface area contributed by atoms with Gasteiger partial charge in [0.05, 0.1) is 0 Å². The van der Waals surface area contributed by atoms with Gasteiger partial charge in [-0.3, -0.25) is 0 Å². The van der Waals surface area contributed by atoms with Crippen LogP contribution < -0.4 is 0 Å². The number of hydrogen-bond acceptors (Lipinski definition) is 1. The molecule has 100 valence electrons. The molecule has 0 atom stereocenters. The number of allylic oxidation sites excluding steroid dienone is 3. The maximum Gasteiger partial charge on any atom is 0.673 e. The summed E-state index contributed by atoms with van der Waals surface area (Å²) >= 11 is 0. The summed E-state index contributed by atoms with van der Waals surface area (Å²) in [5.41, 5.74) is 1.25. The van der Waals surface area contributed by atoms with Crippen molar-refractivity contribution in [1.82, 2.24) is 4.90 Å². The van der Waals surface area contributed by atoms with Crippen molar-refractivity contribution in [1.29, 1.82) is 0 Å². The lowest BCUT2D eigenvalue weighted by Crippen LogP contribution is -2.02. The molecular weight excluding hydrogens is 235 g/mol. The van der Waals surface area contributed by atoms with Gasteiger partial charge in [0.2, 0.25) is 0 Å². The zero-order valence-electron chi connectivity index (χ0n) is 10.8. The summed E-state index contributed by atoms with van der Waals surface area (Å²) in [5.74, 6) is 0. The van der Waals surface area contributed by atoms with Gasteiger partial charge in [-0.25, -0.2) is 4.58 Å². The second kappa shape index (κ2) is 8.84. The highest BCUT2D eigenvalue weighted by Gasteiger charge is 2.20. The Labute approximate surface area is 100 Å². The highest BCUT2D eigenvalue weighted by atomic mass is 19.5. The van der Waals surface area contributed by atoms with E-state index < -0.39 is 7.25 Å². The highest BCUT2D eigenvalue weighted by molar-refractivity contribution is 6.50. The summed E-state index contributed by atoms with van der Waals surface area (Å²) in [5, 5.41) is 0. The Morgan fingerprint density at radius 3 is 1.82 bits per heavy atom. The molecule has 0 aliphatic carbocycles. The SMILES string of the molecule is C/C(C=[N+](C)C)=C\C=C\N(C)C.F[B-](F)(F)F. The van der Waals surface area contributed by atoms with E-state index in [0.29, 0.717) is 0 Å². The molecule has 0 aromatic heterocycles. The predicted molar refractivity (Wildman–Crippen MR) is 64.9 cm³/mol. The van der Waals surface area contributed by atoms with Crippen LogP contribution in [0.5, 0.6) is 0 Å². The maximum absolute atomic E-state index is 9.75. The number of hydrogen-bond donors (Lipinski definition) is 0. The van der Waals surface area contributed by atoms with Crippen molar-refractivity contribution in [2.75, 3.05) is 28.2 Å². The first kappa shape index (κ1) is 18.1. The molecule has 0 amide bonds. The summed E-state index contributed by atoms with van der Waals surface area (Å²) in [6.07, 6.45) is 8.22. The van der Waals surface area contributed by atoms with Crippen molar-refractivity contribution in [3.63, 3.8) is 0 Å². The lowest BCUT2D eigenvalue weighted by molar-refractivity contribution is -0.459. The number of rotatable bonds is 3. The molecule has 0 fully saturated rings. The van der Waals surface area contributed by atoms with E-state index in [9.17, 15) is 17.3 Å². The minimum atomic E-state index is -6.00. The first-order valence-electron chi connectivity index (χ1n) is 4.92. The highest BCUT2D eigenvalue weighted by Crippen LogP contribution is 2.06. The summed E-state index contributed by atoms with van der Waals surface area (Å²) in [6, 6.07) is 0. The molecular formula is C10H19BF4N2. The molecule has 0 radical (unpaired) electrons. The summed E-state index contributed by atoms with van der Waals surface area (Å²) < 4.78 is 41.0. The van der Waals surface area contributed by atoms with Crippen LogP contribution >= 0.6 is 0 Å². The predicted octanol–water partition coefficient (Wildman–Crippen LogP) is 2.65. The topological polar surface area (TPSA) is 6.25 Å². The largest absolute Gasteiger partial charge is 0.673 e. The summed E-state index contributed by atoms with van der Waals surface area (Å²) in [6.45, 7) is 2.08. The molecule has 0 aromatic rings. The van der Waals surface area contributed by atoms with Crippen LogP contribution in [-0.4, -0.2) is 51.1 Å². The minimum absolute atomic E-state index is 1.25. The van der Waals surface area contributed by atoms with E-state index in [1.54, 1.807) is 0 Å². The van der Waals surface area contributed by atoms with Gasteiger partial charge < -0.3 is 22.2 Å². The van der Waals surface area contributed by atoms with Crippen molar-refractivity contribution >= 4 is 13.5 Å². The Hall–Kier alpha value is -1.27. The molecule has 0 spiro atoms. The molecule has 0 aromatic carbocycles. The lowest BCUT2D eigenvalue weighted by Gasteiger charge is -2.00. The Morgan fingerprint density at radius 1 is 1.12 bits per heavy atom. The van der Waals surface area contributed by atoms with Crippen LogP contribution in [0, 0.1) is 0 Å². The fourth-order valence-electron chi connectivity index (χ4n) is 0.817. The van der Waals surface area contributed by atoms with Crippen LogP contribution in [-0.2, 0) is 0 Å². The van der Waals surface area contributed by atoms with E-state index in [4.69, 9.17) is 0 Å². The van der Waals surface area contributed by atoms with Crippen LogP contribution in [0.25, 0.3) is 0 Å². The molecule has 0 heterocycles. The molecule has 0 unspecified atom stereocenters. The van der Waals surface area contributed by atoms with Crippen LogP contribution in [0.2, 0.25) is 0 Å². The van der Waals surface area contributed by atoms with Gasteiger partial charge in [0.15, 0.2) is 6.21 Å². The number of halogens is 4. The van der Waals surface area contributed by atoms with E-state index in [0.717, 1.165) is 0 Å². The zero-order chi connectivity index (χ0) is 14.1. The molecule has 17 heavy (non-hydrogen) atoms. The van der Waals surface area contributed by atoms with Crippen LogP contribution in [0.4, 0.5) is 17.3 Å². The summed E-state index contributed by atoms with van der Waals surface area (Å²) in [7, 11) is 2.06. The van der Waals surface area contributed by atoms with Crippen molar-refractivity contribution in [3.8, 4) is 0 Å². The second-order valence-corrected chi connectivity index (χ2v) is 3.80. The van der Waals surface area contributed by atoms with Crippen molar-refractivity contribution < 1.29 is 21.8 Å². The van der Waals surface area contributed by atoms with Gasteiger partial charge in [-0.1, -0.05) is 6.08 Å².